The van der Waals surface area contributed by atoms with Gasteiger partial charge in [0.25, 0.3) is 0 Å². The molecule has 1 fully saturated rings. The van der Waals surface area contributed by atoms with E-state index in [0.29, 0.717) is 6.04 Å². The van der Waals surface area contributed by atoms with Gasteiger partial charge in [0.05, 0.1) is 10.5 Å². The molecule has 122 valence electrons. The molecule has 2 aromatic carbocycles. The minimum atomic E-state index is 0.188. The summed E-state index contributed by atoms with van der Waals surface area (Å²) in [5, 5.41) is 4.87. The minimum Gasteiger partial charge on any atom is -0.355 e. The highest BCUT2D eigenvalue weighted by molar-refractivity contribution is 9.09. The molecule has 2 unspecified atom stereocenters. The smallest absolute Gasteiger partial charge is 0.129 e. The Bertz CT molecular complexity index is 821. The summed E-state index contributed by atoms with van der Waals surface area (Å²) in [6, 6.07) is 23.5. The molecule has 4 heteroatoms. The van der Waals surface area contributed by atoms with Gasteiger partial charge in [-0.3, -0.25) is 5.32 Å². The van der Waals surface area contributed by atoms with Crippen molar-refractivity contribution in [1.82, 2.24) is 10.3 Å². The van der Waals surface area contributed by atoms with Crippen LogP contribution in [0.3, 0.4) is 0 Å². The summed E-state index contributed by atoms with van der Waals surface area (Å²) in [6.07, 6.45) is 1.13. The topological polar surface area (TPSA) is 28.2 Å². The van der Waals surface area contributed by atoms with E-state index < -0.39 is 0 Å². The van der Waals surface area contributed by atoms with Crippen LogP contribution in [0.1, 0.15) is 16.9 Å². The van der Waals surface area contributed by atoms with Crippen LogP contribution in [0.5, 0.6) is 0 Å². The van der Waals surface area contributed by atoms with Gasteiger partial charge >= 0.3 is 0 Å². The van der Waals surface area contributed by atoms with Gasteiger partial charge in [0.2, 0.25) is 0 Å². The molecule has 1 aliphatic heterocycles. The van der Waals surface area contributed by atoms with Gasteiger partial charge in [-0.05, 0) is 30.2 Å². The Kier molecular flexibility index (Phi) is 4.50. The number of nitrogens with zero attached hydrogens (tertiary/aromatic N) is 2. The maximum atomic E-state index is 4.82. The van der Waals surface area contributed by atoms with Crippen molar-refractivity contribution in [2.75, 3.05) is 18.0 Å². The predicted octanol–water partition coefficient (Wildman–Crippen LogP) is 4.50. The molecular weight excluding hydrogens is 362 g/mol. The van der Waals surface area contributed by atoms with Gasteiger partial charge in [-0.1, -0.05) is 64.5 Å². The van der Waals surface area contributed by atoms with Crippen molar-refractivity contribution in [2.45, 2.75) is 17.4 Å². The van der Waals surface area contributed by atoms with E-state index in [1.807, 2.05) is 12.1 Å². The lowest BCUT2D eigenvalue weighted by molar-refractivity contribution is 0.548. The number of alkyl halides is 1. The average molecular weight is 382 g/mol. The molecule has 0 saturated carbocycles. The number of rotatable bonds is 4. The van der Waals surface area contributed by atoms with Gasteiger partial charge in [0.1, 0.15) is 5.82 Å². The van der Waals surface area contributed by atoms with E-state index in [2.05, 4.69) is 80.7 Å². The van der Waals surface area contributed by atoms with E-state index >= 15 is 0 Å². The largest absolute Gasteiger partial charge is 0.355 e. The van der Waals surface area contributed by atoms with Crippen LogP contribution in [0.25, 0.3) is 10.9 Å². The van der Waals surface area contributed by atoms with Crippen molar-refractivity contribution in [3.8, 4) is 0 Å². The zero-order valence-electron chi connectivity index (χ0n) is 13.4. The second-order valence-electron chi connectivity index (χ2n) is 6.23. The Balaban J connectivity index is 1.44. The molecule has 1 saturated heterocycles. The molecule has 3 nitrogen and oxygen atoms in total. The lowest BCUT2D eigenvalue weighted by Crippen LogP contribution is -2.33. The lowest BCUT2D eigenvalue weighted by Gasteiger charge is -2.20. The van der Waals surface area contributed by atoms with E-state index in [0.717, 1.165) is 30.8 Å². The van der Waals surface area contributed by atoms with Crippen LogP contribution < -0.4 is 10.2 Å². The third-order valence-corrected chi connectivity index (χ3v) is 5.36. The fourth-order valence-corrected chi connectivity index (χ4v) is 3.94. The maximum Gasteiger partial charge on any atom is 0.129 e. The Hall–Kier alpha value is -1.91. The molecule has 1 aromatic heterocycles. The second-order valence-corrected chi connectivity index (χ2v) is 7.15. The summed E-state index contributed by atoms with van der Waals surface area (Å²) in [5.41, 5.74) is 2.33. The van der Waals surface area contributed by atoms with E-state index in [1.165, 1.54) is 10.9 Å². The van der Waals surface area contributed by atoms with Gasteiger partial charge in [-0.2, -0.15) is 0 Å². The summed E-state index contributed by atoms with van der Waals surface area (Å²) in [7, 11) is 0. The molecule has 0 aliphatic carbocycles. The molecule has 3 aromatic rings. The second kappa shape index (κ2) is 6.91. The van der Waals surface area contributed by atoms with E-state index in [-0.39, 0.29) is 4.95 Å². The number of nitrogens with one attached hydrogen (secondary N) is 1. The zero-order valence-corrected chi connectivity index (χ0v) is 15.0. The number of fused-ring (bicyclic) bond motifs is 1. The van der Waals surface area contributed by atoms with Crippen LogP contribution in [-0.2, 0) is 0 Å². The molecule has 24 heavy (non-hydrogen) atoms. The molecule has 2 atom stereocenters. The third kappa shape index (κ3) is 3.30. The first-order valence-corrected chi connectivity index (χ1v) is 9.27. The highest BCUT2D eigenvalue weighted by atomic mass is 79.9. The molecule has 0 amide bonds. The van der Waals surface area contributed by atoms with Crippen LogP contribution in [-0.4, -0.2) is 24.1 Å². The minimum absolute atomic E-state index is 0.188. The maximum absolute atomic E-state index is 4.82. The molecule has 0 radical (unpaired) electrons. The van der Waals surface area contributed by atoms with Crippen molar-refractivity contribution in [1.29, 1.82) is 0 Å². The molecule has 0 bridgehead atoms. The average Bonchev–Trinajstić information content (AvgIpc) is 3.10. The number of hydrogen-bond acceptors (Lipinski definition) is 3. The number of halogens is 1. The number of anilines is 1. The number of aromatic nitrogens is 1. The lowest BCUT2D eigenvalue weighted by atomic mass is 10.2. The summed E-state index contributed by atoms with van der Waals surface area (Å²) in [4.78, 5) is 7.37. The SMILES string of the molecule is BrC(NC1CCN(c2ccc3ccccc3n2)C1)c1ccccc1. The molecule has 4 rings (SSSR count). The predicted molar refractivity (Wildman–Crippen MR) is 104 cm³/mol. The summed E-state index contributed by atoms with van der Waals surface area (Å²) in [5.74, 6) is 1.07. The Morgan fingerprint density at radius 2 is 1.79 bits per heavy atom. The highest BCUT2D eigenvalue weighted by Crippen LogP contribution is 2.25. The third-order valence-electron chi connectivity index (χ3n) is 4.57. The van der Waals surface area contributed by atoms with Crippen LogP contribution in [0, 0.1) is 0 Å². The van der Waals surface area contributed by atoms with E-state index in [9.17, 15) is 0 Å². The van der Waals surface area contributed by atoms with Crippen molar-refractivity contribution in [2.24, 2.45) is 0 Å². The first-order chi connectivity index (χ1) is 11.8. The molecule has 0 spiro atoms. The quantitative estimate of drug-likeness (QED) is 0.532. The molecule has 1 aliphatic rings. The fourth-order valence-electron chi connectivity index (χ4n) is 3.26. The van der Waals surface area contributed by atoms with Crippen LogP contribution in [0.15, 0.2) is 66.7 Å². The van der Waals surface area contributed by atoms with Crippen LogP contribution in [0.2, 0.25) is 0 Å². The van der Waals surface area contributed by atoms with Crippen molar-refractivity contribution >= 4 is 32.7 Å². The summed E-state index contributed by atoms with van der Waals surface area (Å²) < 4.78 is 0. The van der Waals surface area contributed by atoms with Crippen molar-refractivity contribution in [3.63, 3.8) is 0 Å². The Morgan fingerprint density at radius 3 is 2.67 bits per heavy atom. The van der Waals surface area contributed by atoms with Gasteiger partial charge in [-0.15, -0.1) is 0 Å². The van der Waals surface area contributed by atoms with E-state index in [4.69, 9.17) is 4.98 Å². The highest BCUT2D eigenvalue weighted by Gasteiger charge is 2.25. The van der Waals surface area contributed by atoms with Gasteiger partial charge in [-0.25, -0.2) is 4.98 Å². The first-order valence-electron chi connectivity index (χ1n) is 8.35. The number of pyridine rings is 1. The number of para-hydroxylation sites is 1. The van der Waals surface area contributed by atoms with Gasteiger partial charge in [0, 0.05) is 24.5 Å². The molecular formula is C20H20BrN3. The van der Waals surface area contributed by atoms with Crippen LogP contribution in [0.4, 0.5) is 5.82 Å². The zero-order chi connectivity index (χ0) is 16.4. The number of benzene rings is 2. The van der Waals surface area contributed by atoms with Crippen LogP contribution >= 0.6 is 15.9 Å². The van der Waals surface area contributed by atoms with Crippen molar-refractivity contribution in [3.05, 3.63) is 72.3 Å². The number of hydrogen-bond donors (Lipinski definition) is 1. The molecule has 1 N–H and O–H groups in total. The monoisotopic (exact) mass is 381 g/mol. The Morgan fingerprint density at radius 1 is 1.00 bits per heavy atom. The Labute approximate surface area is 150 Å². The summed E-state index contributed by atoms with van der Waals surface area (Å²) >= 11 is 3.76. The van der Waals surface area contributed by atoms with Crippen molar-refractivity contribution < 1.29 is 0 Å². The van der Waals surface area contributed by atoms with Gasteiger partial charge in [0.15, 0.2) is 0 Å². The summed E-state index contributed by atoms with van der Waals surface area (Å²) in [6.45, 7) is 2.03. The van der Waals surface area contributed by atoms with Gasteiger partial charge < -0.3 is 4.90 Å². The fraction of sp³-hybridized carbons (Fsp3) is 0.250. The first kappa shape index (κ1) is 15.6. The molecule has 2 heterocycles. The standard InChI is InChI=1S/C20H20BrN3/c21-20(16-7-2-1-3-8-16)22-17-12-13-24(14-17)19-11-10-15-6-4-5-9-18(15)23-19/h1-11,17,20,22H,12-14H2. The normalized spacial score (nSPS) is 18.9. The van der Waals surface area contributed by atoms with E-state index in [1.54, 1.807) is 0 Å².